The van der Waals surface area contributed by atoms with Crippen molar-refractivity contribution in [2.45, 2.75) is 0 Å². The van der Waals surface area contributed by atoms with Gasteiger partial charge in [-0.15, -0.1) is 11.3 Å². The van der Waals surface area contributed by atoms with Gasteiger partial charge in [-0.2, -0.15) is 8.42 Å². The molecule has 0 aliphatic carbocycles. The summed E-state index contributed by atoms with van der Waals surface area (Å²) in [6.07, 6.45) is 1.33. The van der Waals surface area contributed by atoms with Gasteiger partial charge in [0.2, 0.25) is 0 Å². The SMILES string of the molecule is O=S(=O)(O)C=Cc1ccccc1.[H-].[Na+].c1scc2c1OCCO2. The Morgan fingerprint density at radius 2 is 1.64 bits per heavy atom. The van der Waals surface area contributed by atoms with Crippen molar-refractivity contribution in [2.75, 3.05) is 13.2 Å². The zero-order valence-electron chi connectivity index (χ0n) is 13.0. The molecule has 0 atom stereocenters. The van der Waals surface area contributed by atoms with Crippen molar-refractivity contribution in [1.29, 1.82) is 0 Å². The summed E-state index contributed by atoms with van der Waals surface area (Å²) in [5.41, 5.74) is 0.732. The molecule has 114 valence electrons. The summed E-state index contributed by atoms with van der Waals surface area (Å²) in [7, 11) is -4.00. The van der Waals surface area contributed by atoms with Crippen LogP contribution in [0.1, 0.15) is 6.99 Å². The first-order chi connectivity index (χ1) is 10.0. The van der Waals surface area contributed by atoms with E-state index >= 15 is 0 Å². The Hall–Kier alpha value is -0.830. The minimum absolute atomic E-state index is 0. The molecule has 1 aromatic carbocycles. The molecule has 0 radical (unpaired) electrons. The molecule has 1 aliphatic heterocycles. The molecule has 1 aliphatic rings. The second kappa shape index (κ2) is 9.34. The maximum absolute atomic E-state index is 10.3. The van der Waals surface area contributed by atoms with Crippen LogP contribution in [0.2, 0.25) is 0 Å². The molecule has 22 heavy (non-hydrogen) atoms. The zero-order valence-corrected chi connectivity index (χ0v) is 15.6. The van der Waals surface area contributed by atoms with Gasteiger partial charge in [0.25, 0.3) is 10.1 Å². The largest absolute Gasteiger partial charge is 1.00 e. The molecule has 0 saturated carbocycles. The molecule has 2 aromatic rings. The van der Waals surface area contributed by atoms with E-state index in [2.05, 4.69) is 0 Å². The minimum atomic E-state index is -4.00. The van der Waals surface area contributed by atoms with Gasteiger partial charge in [0.05, 0.1) is 5.41 Å². The van der Waals surface area contributed by atoms with Gasteiger partial charge in [-0.25, -0.2) is 0 Å². The Morgan fingerprint density at radius 3 is 2.14 bits per heavy atom. The van der Waals surface area contributed by atoms with Crippen LogP contribution in [0.5, 0.6) is 11.5 Å². The van der Waals surface area contributed by atoms with Crippen LogP contribution in [0.4, 0.5) is 0 Å². The summed E-state index contributed by atoms with van der Waals surface area (Å²) < 4.78 is 39.4. The molecule has 0 unspecified atom stereocenters. The normalized spacial score (nSPS) is 13.0. The number of benzene rings is 1. The number of rotatable bonds is 2. The van der Waals surface area contributed by atoms with Crippen LogP contribution in [0.15, 0.2) is 46.5 Å². The quantitative estimate of drug-likeness (QED) is 0.618. The topological polar surface area (TPSA) is 72.8 Å². The summed E-state index contributed by atoms with van der Waals surface area (Å²) in [5.74, 6) is 1.79. The van der Waals surface area contributed by atoms with Crippen LogP contribution in [-0.2, 0) is 10.1 Å². The van der Waals surface area contributed by atoms with Gasteiger partial charge >= 0.3 is 29.6 Å². The molecule has 2 heterocycles. The predicted octanol–water partition coefficient (Wildman–Crippen LogP) is 0.181. The standard InChI is InChI=1S/C8H8O3S.C6H6O2S.Na.H/c9-12(10,11)7-6-8-4-2-1-3-5-8;1-2-8-6-4-9-3-5(6)7-1;;/h1-7H,(H,9,10,11);3-4H,1-2H2;;/q;;+1;-1. The van der Waals surface area contributed by atoms with Gasteiger partial charge in [0.15, 0.2) is 11.5 Å². The molecule has 0 fully saturated rings. The molecule has 1 N–H and O–H groups in total. The zero-order chi connectivity index (χ0) is 15.1. The van der Waals surface area contributed by atoms with Crippen molar-refractivity contribution in [1.82, 2.24) is 0 Å². The summed E-state index contributed by atoms with van der Waals surface area (Å²) in [4.78, 5) is 0. The fraction of sp³-hybridized carbons (Fsp3) is 0.143. The van der Waals surface area contributed by atoms with E-state index in [0.717, 1.165) is 22.5 Å². The fourth-order valence-corrected chi connectivity index (χ4v) is 2.53. The van der Waals surface area contributed by atoms with Gasteiger partial charge < -0.3 is 10.9 Å². The number of fused-ring (bicyclic) bond motifs is 1. The van der Waals surface area contributed by atoms with Crippen LogP contribution >= 0.6 is 11.3 Å². The maximum Gasteiger partial charge on any atom is 1.00 e. The van der Waals surface area contributed by atoms with E-state index in [1.807, 2.05) is 16.8 Å². The second-order valence-corrected chi connectivity index (χ2v) is 6.07. The van der Waals surface area contributed by atoms with E-state index in [4.69, 9.17) is 14.0 Å². The van der Waals surface area contributed by atoms with Crippen molar-refractivity contribution >= 4 is 27.5 Å². The Labute approximate surface area is 157 Å². The van der Waals surface area contributed by atoms with Crippen LogP contribution in [-0.4, -0.2) is 26.2 Å². The van der Waals surface area contributed by atoms with E-state index < -0.39 is 10.1 Å². The van der Waals surface area contributed by atoms with Gasteiger partial charge in [-0.1, -0.05) is 30.3 Å². The molecule has 8 heteroatoms. The molecule has 1 aromatic heterocycles. The van der Waals surface area contributed by atoms with Gasteiger partial charge in [-0.05, 0) is 11.6 Å². The van der Waals surface area contributed by atoms with Crippen LogP contribution in [0, 0.1) is 0 Å². The van der Waals surface area contributed by atoms with Crippen LogP contribution < -0.4 is 39.0 Å². The number of ether oxygens (including phenoxy) is 2. The summed E-state index contributed by atoms with van der Waals surface area (Å²) in [6.45, 7) is 1.37. The van der Waals surface area contributed by atoms with Crippen molar-refractivity contribution < 1.29 is 53.4 Å². The van der Waals surface area contributed by atoms with E-state index in [1.165, 1.54) is 6.08 Å². The Balaban J connectivity index is 0.000000397. The minimum Gasteiger partial charge on any atom is -1.00 e. The third-order valence-electron chi connectivity index (χ3n) is 2.42. The smallest absolute Gasteiger partial charge is 1.00 e. The maximum atomic E-state index is 10.3. The number of hydrogen-bond donors (Lipinski definition) is 1. The van der Waals surface area contributed by atoms with Crippen molar-refractivity contribution in [3.63, 3.8) is 0 Å². The van der Waals surface area contributed by atoms with Gasteiger partial charge in [0.1, 0.15) is 13.2 Å². The fourth-order valence-electron chi connectivity index (χ4n) is 1.52. The molecular weight excluding hydrogens is 335 g/mol. The first-order valence-electron chi connectivity index (χ1n) is 6.07. The average molecular weight is 350 g/mol. The number of hydrogen-bond acceptors (Lipinski definition) is 5. The first-order valence-corrected chi connectivity index (χ1v) is 8.51. The molecule has 5 nitrogen and oxygen atoms in total. The molecule has 0 bridgehead atoms. The van der Waals surface area contributed by atoms with Crippen molar-refractivity contribution in [3.05, 3.63) is 52.1 Å². The summed E-state index contributed by atoms with van der Waals surface area (Å²) >= 11 is 1.61. The van der Waals surface area contributed by atoms with Crippen molar-refractivity contribution in [2.24, 2.45) is 0 Å². The third kappa shape index (κ3) is 6.95. The third-order valence-corrected chi connectivity index (χ3v) is 3.60. The molecule has 0 amide bonds. The summed E-state index contributed by atoms with van der Waals surface area (Å²) in [6, 6.07) is 8.86. The van der Waals surface area contributed by atoms with Crippen LogP contribution in [0.25, 0.3) is 6.08 Å². The van der Waals surface area contributed by atoms with Crippen LogP contribution in [0.3, 0.4) is 0 Å². The average Bonchev–Trinajstić information content (AvgIpc) is 2.95. The molecular formula is C14H15NaO5S2. The van der Waals surface area contributed by atoms with E-state index in [1.54, 1.807) is 35.6 Å². The molecule has 0 saturated heterocycles. The summed E-state index contributed by atoms with van der Waals surface area (Å²) in [5, 5.41) is 4.66. The van der Waals surface area contributed by atoms with Crippen molar-refractivity contribution in [3.8, 4) is 11.5 Å². The van der Waals surface area contributed by atoms with E-state index in [-0.39, 0.29) is 31.0 Å². The van der Waals surface area contributed by atoms with E-state index in [0.29, 0.717) is 13.2 Å². The monoisotopic (exact) mass is 350 g/mol. The number of thiophene rings is 1. The molecule has 3 rings (SSSR count). The Morgan fingerprint density at radius 1 is 1.09 bits per heavy atom. The predicted molar refractivity (Wildman–Crippen MR) is 83.4 cm³/mol. The van der Waals surface area contributed by atoms with Gasteiger partial charge in [-0.3, -0.25) is 4.55 Å². The Bertz CT molecular complexity index is 680. The second-order valence-electron chi connectivity index (χ2n) is 4.03. The first kappa shape index (κ1) is 19.2. The van der Waals surface area contributed by atoms with E-state index in [9.17, 15) is 8.42 Å². The Kier molecular flexibility index (Phi) is 8.16. The van der Waals surface area contributed by atoms with Gasteiger partial charge in [0, 0.05) is 10.8 Å². The molecule has 0 spiro atoms.